The normalized spacial score (nSPS) is 11.8. The average molecular weight is 273 g/mol. The lowest BCUT2D eigenvalue weighted by Crippen LogP contribution is -2.31. The Morgan fingerprint density at radius 1 is 1.47 bits per heavy atom. The molecule has 0 aliphatic rings. The van der Waals surface area contributed by atoms with Gasteiger partial charge in [0.15, 0.2) is 0 Å². The summed E-state index contributed by atoms with van der Waals surface area (Å²) in [6, 6.07) is 0. The van der Waals surface area contributed by atoms with Crippen molar-refractivity contribution in [1.29, 1.82) is 0 Å². The van der Waals surface area contributed by atoms with Crippen molar-refractivity contribution in [3.05, 3.63) is 27.9 Å². The number of hydrogen-bond acceptors (Lipinski definition) is 2. The first-order valence-electron chi connectivity index (χ1n) is 4.96. The van der Waals surface area contributed by atoms with E-state index in [2.05, 4.69) is 34.8 Å². The molecule has 0 saturated heterocycles. The summed E-state index contributed by atoms with van der Waals surface area (Å²) in [4.78, 5) is 16.1. The van der Waals surface area contributed by atoms with Gasteiger partial charge in [-0.1, -0.05) is 29.8 Å². The zero-order valence-electron chi connectivity index (χ0n) is 9.67. The fraction of sp³-hybridized carbons (Fsp3) is 0.636. The van der Waals surface area contributed by atoms with Crippen molar-refractivity contribution < 1.29 is 0 Å². The van der Waals surface area contributed by atoms with Crippen LogP contribution in [0.1, 0.15) is 25.1 Å². The van der Waals surface area contributed by atoms with Crippen molar-refractivity contribution in [3.63, 3.8) is 0 Å². The van der Waals surface area contributed by atoms with Crippen LogP contribution in [-0.4, -0.2) is 14.9 Å². The van der Waals surface area contributed by atoms with E-state index in [-0.39, 0.29) is 11.0 Å². The lowest BCUT2D eigenvalue weighted by molar-refractivity contribution is 0.346. The predicted octanol–water partition coefficient (Wildman–Crippen LogP) is 2.28. The first kappa shape index (κ1) is 12.4. The molecule has 0 aliphatic carbocycles. The van der Waals surface area contributed by atoms with Crippen LogP contribution >= 0.6 is 15.9 Å². The van der Waals surface area contributed by atoms with Gasteiger partial charge in [0, 0.05) is 23.1 Å². The van der Waals surface area contributed by atoms with Crippen molar-refractivity contribution in [2.75, 3.05) is 5.33 Å². The van der Waals surface area contributed by atoms with Gasteiger partial charge < -0.3 is 0 Å². The Balaban J connectivity index is 3.08. The van der Waals surface area contributed by atoms with E-state index in [1.165, 1.54) is 0 Å². The Labute approximate surface area is 98.7 Å². The molecule has 1 aromatic heterocycles. The summed E-state index contributed by atoms with van der Waals surface area (Å²) in [6.45, 7) is 8.59. The Bertz CT molecular complexity index is 410. The first-order valence-corrected chi connectivity index (χ1v) is 6.08. The van der Waals surface area contributed by atoms with Crippen LogP contribution in [0.4, 0.5) is 0 Å². The molecule has 0 fully saturated rings. The molecule has 0 aromatic carbocycles. The Hall–Kier alpha value is -0.640. The minimum atomic E-state index is 0.0627. The highest BCUT2D eigenvalue weighted by Gasteiger charge is 2.18. The van der Waals surface area contributed by atoms with Gasteiger partial charge in [0.1, 0.15) is 0 Å². The van der Waals surface area contributed by atoms with Crippen LogP contribution in [0, 0.1) is 19.3 Å². The van der Waals surface area contributed by atoms with Crippen LogP contribution in [0.2, 0.25) is 0 Å². The monoisotopic (exact) mass is 272 g/mol. The minimum Gasteiger partial charge on any atom is -0.298 e. The molecule has 0 unspecified atom stereocenters. The van der Waals surface area contributed by atoms with E-state index in [4.69, 9.17) is 0 Å². The number of alkyl halides is 1. The second kappa shape index (κ2) is 4.47. The highest BCUT2D eigenvalue weighted by atomic mass is 79.9. The number of rotatable bonds is 3. The van der Waals surface area contributed by atoms with Gasteiger partial charge in [0.05, 0.1) is 6.33 Å². The zero-order valence-corrected chi connectivity index (χ0v) is 11.3. The number of hydrogen-bond donors (Lipinski definition) is 0. The SMILES string of the molecule is Cc1ncn(CC(C)(C)CBr)c(=O)c1C. The number of halogens is 1. The molecule has 0 N–H and O–H groups in total. The van der Waals surface area contributed by atoms with Gasteiger partial charge in [-0.2, -0.15) is 0 Å². The van der Waals surface area contributed by atoms with Gasteiger partial charge in [-0.25, -0.2) is 4.98 Å². The highest BCUT2D eigenvalue weighted by Crippen LogP contribution is 2.19. The summed E-state index contributed by atoms with van der Waals surface area (Å²) in [5, 5.41) is 0.860. The molecule has 1 heterocycles. The van der Waals surface area contributed by atoms with Crippen LogP contribution < -0.4 is 5.56 Å². The quantitative estimate of drug-likeness (QED) is 0.792. The smallest absolute Gasteiger partial charge is 0.256 e. The molecular weight excluding hydrogens is 256 g/mol. The Morgan fingerprint density at radius 2 is 2.07 bits per heavy atom. The van der Waals surface area contributed by atoms with Crippen molar-refractivity contribution in [3.8, 4) is 0 Å². The lowest BCUT2D eigenvalue weighted by atomic mass is 9.97. The summed E-state index contributed by atoms with van der Waals surface area (Å²) in [7, 11) is 0. The van der Waals surface area contributed by atoms with Crippen molar-refractivity contribution >= 4 is 15.9 Å². The fourth-order valence-corrected chi connectivity index (χ4v) is 1.47. The second-order valence-electron chi connectivity index (χ2n) is 4.69. The fourth-order valence-electron chi connectivity index (χ4n) is 1.29. The topological polar surface area (TPSA) is 34.9 Å². The van der Waals surface area contributed by atoms with Crippen molar-refractivity contribution in [2.24, 2.45) is 5.41 Å². The van der Waals surface area contributed by atoms with E-state index in [0.29, 0.717) is 6.54 Å². The maximum Gasteiger partial charge on any atom is 0.256 e. The molecule has 0 amide bonds. The van der Waals surface area contributed by atoms with E-state index < -0.39 is 0 Å². The predicted molar refractivity (Wildman–Crippen MR) is 65.5 cm³/mol. The number of aromatic nitrogens is 2. The van der Waals surface area contributed by atoms with E-state index >= 15 is 0 Å². The van der Waals surface area contributed by atoms with Crippen LogP contribution in [-0.2, 0) is 6.54 Å². The van der Waals surface area contributed by atoms with Crippen LogP contribution in [0.3, 0.4) is 0 Å². The van der Waals surface area contributed by atoms with Crippen LogP contribution in [0.15, 0.2) is 11.1 Å². The average Bonchev–Trinajstić information content (AvgIpc) is 2.19. The minimum absolute atomic E-state index is 0.0627. The van der Waals surface area contributed by atoms with E-state index in [1.54, 1.807) is 10.9 Å². The molecule has 4 heteroatoms. The summed E-state index contributed by atoms with van der Waals surface area (Å²) in [5.74, 6) is 0. The molecule has 0 saturated carbocycles. The summed E-state index contributed by atoms with van der Waals surface area (Å²) >= 11 is 3.45. The van der Waals surface area contributed by atoms with E-state index in [1.807, 2.05) is 13.8 Å². The summed E-state index contributed by atoms with van der Waals surface area (Å²) in [6.07, 6.45) is 1.63. The molecule has 0 aliphatic heterocycles. The zero-order chi connectivity index (χ0) is 11.6. The molecule has 0 bridgehead atoms. The summed E-state index contributed by atoms with van der Waals surface area (Å²) < 4.78 is 1.68. The Kier molecular flexibility index (Phi) is 3.71. The lowest BCUT2D eigenvalue weighted by Gasteiger charge is -2.22. The third kappa shape index (κ3) is 2.91. The molecule has 1 rings (SSSR count). The first-order chi connectivity index (χ1) is 6.87. The number of aryl methyl sites for hydroxylation is 1. The summed E-state index contributed by atoms with van der Waals surface area (Å²) in [5.41, 5.74) is 1.68. The van der Waals surface area contributed by atoms with Crippen molar-refractivity contribution in [2.45, 2.75) is 34.2 Å². The molecule has 0 spiro atoms. The van der Waals surface area contributed by atoms with Gasteiger partial charge in [-0.05, 0) is 19.3 Å². The molecule has 84 valence electrons. The Morgan fingerprint density at radius 3 is 2.60 bits per heavy atom. The standard InChI is InChI=1S/C11H17BrN2O/c1-8-9(2)13-7-14(10(8)15)6-11(3,4)5-12/h7H,5-6H2,1-4H3. The van der Waals surface area contributed by atoms with Crippen LogP contribution in [0.25, 0.3) is 0 Å². The third-order valence-corrected chi connectivity index (χ3v) is 3.99. The van der Waals surface area contributed by atoms with E-state index in [0.717, 1.165) is 16.6 Å². The van der Waals surface area contributed by atoms with Gasteiger partial charge in [0.2, 0.25) is 0 Å². The van der Waals surface area contributed by atoms with Gasteiger partial charge in [0.25, 0.3) is 5.56 Å². The molecule has 0 radical (unpaired) electrons. The number of nitrogens with zero attached hydrogens (tertiary/aromatic N) is 2. The van der Waals surface area contributed by atoms with Gasteiger partial charge >= 0.3 is 0 Å². The van der Waals surface area contributed by atoms with Crippen LogP contribution in [0.5, 0.6) is 0 Å². The third-order valence-electron chi connectivity index (χ3n) is 2.48. The highest BCUT2D eigenvalue weighted by molar-refractivity contribution is 9.09. The van der Waals surface area contributed by atoms with Gasteiger partial charge in [-0.3, -0.25) is 9.36 Å². The molecule has 3 nitrogen and oxygen atoms in total. The molecule has 15 heavy (non-hydrogen) atoms. The maximum atomic E-state index is 11.9. The molecule has 1 aromatic rings. The van der Waals surface area contributed by atoms with Gasteiger partial charge in [-0.15, -0.1) is 0 Å². The maximum absolute atomic E-state index is 11.9. The largest absolute Gasteiger partial charge is 0.298 e. The molecular formula is C11H17BrN2O. The van der Waals surface area contributed by atoms with E-state index in [9.17, 15) is 4.79 Å². The second-order valence-corrected chi connectivity index (χ2v) is 5.25. The van der Waals surface area contributed by atoms with Crippen molar-refractivity contribution in [1.82, 2.24) is 9.55 Å². The molecule has 0 atom stereocenters.